The molecule has 1 aromatic heterocycles. The molecule has 0 saturated heterocycles. The van der Waals surface area contributed by atoms with Gasteiger partial charge in [-0.05, 0) is 91.5 Å². The van der Waals surface area contributed by atoms with E-state index in [0.717, 1.165) is 23.4 Å². The Morgan fingerprint density at radius 2 is 1.58 bits per heavy atom. The maximum absolute atomic E-state index is 12.1. The Morgan fingerprint density at radius 1 is 0.958 bits per heavy atom. The first-order valence-electron chi connectivity index (χ1n) is 9.16. The predicted octanol–water partition coefficient (Wildman–Crippen LogP) is 5.00. The van der Waals surface area contributed by atoms with Crippen LogP contribution in [-0.2, 0) is 5.41 Å². The van der Waals surface area contributed by atoms with E-state index in [4.69, 9.17) is 4.42 Å². The van der Waals surface area contributed by atoms with Crippen LogP contribution in [0.4, 0.5) is 5.69 Å². The van der Waals surface area contributed by atoms with E-state index >= 15 is 0 Å². The minimum atomic E-state index is -0.192. The Labute approximate surface area is 142 Å². The fourth-order valence-corrected chi connectivity index (χ4v) is 5.97. The number of hydrogen-bond acceptors (Lipinski definition) is 2. The zero-order valence-electron chi connectivity index (χ0n) is 13.8. The molecule has 0 spiro atoms. The van der Waals surface area contributed by atoms with E-state index < -0.39 is 0 Å². The largest absolute Gasteiger partial charge is 0.459 e. The highest BCUT2D eigenvalue weighted by atomic mass is 16.3. The summed E-state index contributed by atoms with van der Waals surface area (Å²) in [5, 5.41) is 2.91. The molecule has 4 aliphatic carbocycles. The van der Waals surface area contributed by atoms with Crippen LogP contribution in [0.3, 0.4) is 0 Å². The smallest absolute Gasteiger partial charge is 0.291 e. The Bertz CT molecular complexity index is 709. The first-order valence-corrected chi connectivity index (χ1v) is 9.16. The molecule has 1 amide bonds. The van der Waals surface area contributed by atoms with E-state index in [-0.39, 0.29) is 5.91 Å². The van der Waals surface area contributed by atoms with Crippen molar-refractivity contribution in [2.24, 2.45) is 17.8 Å². The van der Waals surface area contributed by atoms with Gasteiger partial charge in [-0.15, -0.1) is 0 Å². The summed E-state index contributed by atoms with van der Waals surface area (Å²) in [7, 11) is 0. The lowest BCUT2D eigenvalue weighted by atomic mass is 9.48. The standard InChI is InChI=1S/C21H23NO2/c23-20(19-2-1-7-24-19)22-18-5-3-17(4-6-18)21-11-14-8-15(12-21)10-16(9-14)13-21/h1-7,14-16H,8-13H2,(H,22,23). The van der Waals surface area contributed by atoms with Crippen LogP contribution in [0.1, 0.15) is 54.6 Å². The third kappa shape index (κ3) is 2.29. The Morgan fingerprint density at radius 3 is 2.12 bits per heavy atom. The molecule has 124 valence electrons. The summed E-state index contributed by atoms with van der Waals surface area (Å²) in [6, 6.07) is 12.0. The van der Waals surface area contributed by atoms with Gasteiger partial charge in [-0.3, -0.25) is 4.79 Å². The lowest BCUT2D eigenvalue weighted by molar-refractivity contribution is -0.00518. The summed E-state index contributed by atoms with van der Waals surface area (Å²) in [5.41, 5.74) is 2.74. The highest BCUT2D eigenvalue weighted by molar-refractivity contribution is 6.02. The van der Waals surface area contributed by atoms with Gasteiger partial charge in [-0.2, -0.15) is 0 Å². The molecule has 4 aliphatic rings. The predicted molar refractivity (Wildman–Crippen MR) is 93.0 cm³/mol. The van der Waals surface area contributed by atoms with Crippen LogP contribution in [-0.4, -0.2) is 5.91 Å². The van der Waals surface area contributed by atoms with Crippen LogP contribution in [0.15, 0.2) is 47.1 Å². The average molecular weight is 321 g/mol. The van der Waals surface area contributed by atoms with Crippen LogP contribution >= 0.6 is 0 Å². The number of nitrogens with one attached hydrogen (secondary N) is 1. The average Bonchev–Trinajstić information content (AvgIpc) is 3.09. The molecule has 1 aromatic carbocycles. The molecule has 3 nitrogen and oxygen atoms in total. The second kappa shape index (κ2) is 5.23. The second-order valence-corrected chi connectivity index (χ2v) is 8.21. The monoisotopic (exact) mass is 321 g/mol. The van der Waals surface area contributed by atoms with E-state index in [2.05, 4.69) is 29.6 Å². The van der Waals surface area contributed by atoms with Gasteiger partial charge in [0.15, 0.2) is 5.76 Å². The van der Waals surface area contributed by atoms with Crippen molar-refractivity contribution in [3.63, 3.8) is 0 Å². The molecular weight excluding hydrogens is 298 g/mol. The topological polar surface area (TPSA) is 42.2 Å². The van der Waals surface area contributed by atoms with Gasteiger partial charge in [0.2, 0.25) is 0 Å². The van der Waals surface area contributed by atoms with Gasteiger partial charge < -0.3 is 9.73 Å². The lowest BCUT2D eigenvalue weighted by Crippen LogP contribution is -2.48. The van der Waals surface area contributed by atoms with Crippen molar-refractivity contribution in [3.8, 4) is 0 Å². The van der Waals surface area contributed by atoms with Crippen molar-refractivity contribution in [3.05, 3.63) is 54.0 Å². The van der Waals surface area contributed by atoms with Gasteiger partial charge in [0.25, 0.3) is 5.91 Å². The molecule has 6 rings (SSSR count). The minimum absolute atomic E-state index is 0.192. The van der Waals surface area contributed by atoms with Crippen molar-refractivity contribution < 1.29 is 9.21 Å². The molecule has 1 heterocycles. The molecule has 4 fully saturated rings. The molecule has 4 saturated carbocycles. The van der Waals surface area contributed by atoms with Crippen LogP contribution in [0.25, 0.3) is 0 Å². The van der Waals surface area contributed by atoms with E-state index in [1.54, 1.807) is 12.1 Å². The number of rotatable bonds is 3. The number of hydrogen-bond donors (Lipinski definition) is 1. The Kier molecular flexibility index (Phi) is 3.12. The molecule has 0 radical (unpaired) electrons. The van der Waals surface area contributed by atoms with Gasteiger partial charge in [0, 0.05) is 5.69 Å². The summed E-state index contributed by atoms with van der Waals surface area (Å²) in [6.07, 6.45) is 10.0. The summed E-state index contributed by atoms with van der Waals surface area (Å²) < 4.78 is 5.14. The number of benzene rings is 1. The van der Waals surface area contributed by atoms with Gasteiger partial charge in [-0.25, -0.2) is 0 Å². The molecule has 0 atom stereocenters. The SMILES string of the molecule is O=C(Nc1ccc(C23CC4CC(CC(C4)C2)C3)cc1)c1ccco1. The van der Waals surface area contributed by atoms with E-state index in [0.29, 0.717) is 11.2 Å². The maximum Gasteiger partial charge on any atom is 0.291 e. The van der Waals surface area contributed by atoms with E-state index in [1.807, 2.05) is 0 Å². The van der Waals surface area contributed by atoms with Crippen LogP contribution < -0.4 is 5.32 Å². The zero-order valence-corrected chi connectivity index (χ0v) is 13.8. The minimum Gasteiger partial charge on any atom is -0.459 e. The van der Waals surface area contributed by atoms with Crippen LogP contribution in [0.2, 0.25) is 0 Å². The van der Waals surface area contributed by atoms with Gasteiger partial charge in [0.05, 0.1) is 6.26 Å². The first-order chi connectivity index (χ1) is 11.7. The quantitative estimate of drug-likeness (QED) is 0.864. The van der Waals surface area contributed by atoms with Crippen molar-refractivity contribution in [1.82, 2.24) is 0 Å². The molecule has 4 bridgehead atoms. The summed E-state index contributed by atoms with van der Waals surface area (Å²) >= 11 is 0. The number of carbonyl (C=O) groups is 1. The third-order valence-corrected chi connectivity index (χ3v) is 6.54. The van der Waals surface area contributed by atoms with Gasteiger partial charge in [-0.1, -0.05) is 12.1 Å². The molecule has 24 heavy (non-hydrogen) atoms. The maximum atomic E-state index is 12.1. The normalized spacial score (nSPS) is 33.6. The highest BCUT2D eigenvalue weighted by Crippen LogP contribution is 2.60. The lowest BCUT2D eigenvalue weighted by Gasteiger charge is -2.57. The zero-order chi connectivity index (χ0) is 16.1. The Hall–Kier alpha value is -2.03. The molecule has 3 heteroatoms. The molecule has 0 unspecified atom stereocenters. The highest BCUT2D eigenvalue weighted by Gasteiger charge is 2.51. The van der Waals surface area contributed by atoms with Crippen molar-refractivity contribution in [2.75, 3.05) is 5.32 Å². The van der Waals surface area contributed by atoms with E-state index in [9.17, 15) is 4.79 Å². The van der Waals surface area contributed by atoms with E-state index in [1.165, 1.54) is 50.4 Å². The fourth-order valence-electron chi connectivity index (χ4n) is 5.97. The number of anilines is 1. The number of carbonyl (C=O) groups excluding carboxylic acids is 1. The number of furan rings is 1. The third-order valence-electron chi connectivity index (χ3n) is 6.54. The van der Waals surface area contributed by atoms with Crippen LogP contribution in [0.5, 0.6) is 0 Å². The summed E-state index contributed by atoms with van der Waals surface area (Å²) in [5.74, 6) is 3.02. The van der Waals surface area contributed by atoms with Gasteiger partial charge in [0.1, 0.15) is 0 Å². The number of amides is 1. The second-order valence-electron chi connectivity index (χ2n) is 8.21. The summed E-state index contributed by atoms with van der Waals surface area (Å²) in [4.78, 5) is 12.1. The summed E-state index contributed by atoms with van der Waals surface area (Å²) in [6.45, 7) is 0. The van der Waals surface area contributed by atoms with Crippen molar-refractivity contribution in [2.45, 2.75) is 43.9 Å². The molecule has 0 aliphatic heterocycles. The fraction of sp³-hybridized carbons (Fsp3) is 0.476. The molecular formula is C21H23NO2. The van der Waals surface area contributed by atoms with Gasteiger partial charge >= 0.3 is 0 Å². The van der Waals surface area contributed by atoms with Crippen molar-refractivity contribution in [1.29, 1.82) is 0 Å². The van der Waals surface area contributed by atoms with Crippen LogP contribution in [0, 0.1) is 17.8 Å². The first kappa shape index (κ1) is 14.3. The molecule has 2 aromatic rings. The van der Waals surface area contributed by atoms with Crippen molar-refractivity contribution >= 4 is 11.6 Å². The Balaban J connectivity index is 1.36. The molecule has 1 N–H and O–H groups in total.